The number of anilines is 1. The fourth-order valence-electron chi connectivity index (χ4n) is 4.28. The van der Waals surface area contributed by atoms with Crippen LogP contribution in [0.4, 0.5) is 10.1 Å². The van der Waals surface area contributed by atoms with Crippen molar-refractivity contribution in [2.45, 2.75) is 24.9 Å². The standard InChI is InChI=1S/C24H20FN3O4/c25-16-4-1-3-15(11-16)22(29)26-17-8-9-28-20(13-17)23(30)27-19-7-6-14(12-18(19)24(28)31)21-5-2-10-32-21/h1-7,10-12,17,20H,8-9,13H2,(H,26,29)(H,27,30)/t17-,20+/m1/s1. The van der Waals surface area contributed by atoms with E-state index in [2.05, 4.69) is 10.6 Å². The lowest BCUT2D eigenvalue weighted by molar-refractivity contribution is -0.121. The predicted octanol–water partition coefficient (Wildman–Crippen LogP) is 3.44. The summed E-state index contributed by atoms with van der Waals surface area (Å²) in [6.07, 6.45) is 2.32. The van der Waals surface area contributed by atoms with Gasteiger partial charge >= 0.3 is 0 Å². The molecule has 0 aliphatic carbocycles. The number of carbonyl (C=O) groups excluding carboxylic acids is 3. The van der Waals surface area contributed by atoms with Gasteiger partial charge in [-0.3, -0.25) is 14.4 Å². The highest BCUT2D eigenvalue weighted by Gasteiger charge is 2.40. The summed E-state index contributed by atoms with van der Waals surface area (Å²) < 4.78 is 18.9. The summed E-state index contributed by atoms with van der Waals surface area (Å²) in [5, 5.41) is 5.71. The molecule has 0 bridgehead atoms. The fourth-order valence-corrected chi connectivity index (χ4v) is 4.28. The van der Waals surface area contributed by atoms with E-state index < -0.39 is 17.8 Å². The molecule has 8 heteroatoms. The summed E-state index contributed by atoms with van der Waals surface area (Å²) in [5.41, 5.74) is 1.81. The smallest absolute Gasteiger partial charge is 0.256 e. The lowest BCUT2D eigenvalue weighted by Crippen LogP contribution is -2.55. The third kappa shape index (κ3) is 3.64. The van der Waals surface area contributed by atoms with Crippen molar-refractivity contribution in [2.24, 2.45) is 0 Å². The maximum Gasteiger partial charge on any atom is 0.256 e. The zero-order chi connectivity index (χ0) is 22.2. The van der Waals surface area contributed by atoms with Crippen LogP contribution in [0.3, 0.4) is 0 Å². The van der Waals surface area contributed by atoms with Gasteiger partial charge in [-0.15, -0.1) is 0 Å². The molecule has 1 saturated heterocycles. The molecule has 2 N–H and O–H groups in total. The van der Waals surface area contributed by atoms with E-state index in [-0.39, 0.29) is 29.8 Å². The minimum absolute atomic E-state index is 0.215. The number of nitrogens with one attached hydrogen (secondary N) is 2. The molecule has 2 aliphatic heterocycles. The molecule has 0 spiro atoms. The molecule has 0 saturated carbocycles. The number of halogens is 1. The largest absolute Gasteiger partial charge is 0.464 e. The highest BCUT2D eigenvalue weighted by molar-refractivity contribution is 6.10. The van der Waals surface area contributed by atoms with Gasteiger partial charge in [-0.2, -0.15) is 0 Å². The lowest BCUT2D eigenvalue weighted by atomic mass is 9.95. The van der Waals surface area contributed by atoms with Crippen molar-refractivity contribution in [3.8, 4) is 11.3 Å². The summed E-state index contributed by atoms with van der Waals surface area (Å²) in [7, 11) is 0. The minimum atomic E-state index is -0.714. The van der Waals surface area contributed by atoms with Crippen LogP contribution < -0.4 is 10.6 Å². The molecule has 3 heterocycles. The van der Waals surface area contributed by atoms with Gasteiger partial charge in [0.1, 0.15) is 17.6 Å². The van der Waals surface area contributed by atoms with E-state index in [0.717, 1.165) is 5.56 Å². The molecule has 7 nitrogen and oxygen atoms in total. The Bertz CT molecular complexity index is 1210. The van der Waals surface area contributed by atoms with Gasteiger partial charge in [-0.25, -0.2) is 4.39 Å². The maximum absolute atomic E-state index is 13.4. The number of furan rings is 1. The molecule has 162 valence electrons. The Morgan fingerprint density at radius 1 is 1.12 bits per heavy atom. The Labute approximate surface area is 183 Å². The van der Waals surface area contributed by atoms with Crippen LogP contribution in [0.5, 0.6) is 0 Å². The van der Waals surface area contributed by atoms with Gasteiger partial charge in [0.05, 0.1) is 17.5 Å². The van der Waals surface area contributed by atoms with Gasteiger partial charge in [0.15, 0.2) is 0 Å². The van der Waals surface area contributed by atoms with Crippen molar-refractivity contribution in [3.05, 3.63) is 77.8 Å². The number of piperidine rings is 1. The Morgan fingerprint density at radius 2 is 2.00 bits per heavy atom. The third-order valence-corrected chi connectivity index (χ3v) is 5.90. The van der Waals surface area contributed by atoms with Crippen molar-refractivity contribution >= 4 is 23.4 Å². The Kier molecular flexibility index (Phi) is 4.97. The Hall–Kier alpha value is -3.94. The highest BCUT2D eigenvalue weighted by atomic mass is 19.1. The number of carbonyl (C=O) groups is 3. The maximum atomic E-state index is 13.4. The molecule has 5 rings (SSSR count). The summed E-state index contributed by atoms with van der Waals surface area (Å²) >= 11 is 0. The average molecular weight is 433 g/mol. The second-order valence-corrected chi connectivity index (χ2v) is 7.95. The van der Waals surface area contributed by atoms with E-state index in [1.165, 1.54) is 24.3 Å². The van der Waals surface area contributed by atoms with Crippen molar-refractivity contribution < 1.29 is 23.2 Å². The van der Waals surface area contributed by atoms with E-state index in [9.17, 15) is 18.8 Å². The predicted molar refractivity (Wildman–Crippen MR) is 114 cm³/mol. The van der Waals surface area contributed by atoms with Crippen LogP contribution >= 0.6 is 0 Å². The normalized spacial score (nSPS) is 20.1. The number of nitrogens with zero attached hydrogens (tertiary/aromatic N) is 1. The first-order valence-corrected chi connectivity index (χ1v) is 10.4. The molecule has 0 unspecified atom stereocenters. The van der Waals surface area contributed by atoms with Gasteiger partial charge in [0.25, 0.3) is 11.8 Å². The minimum Gasteiger partial charge on any atom is -0.464 e. The number of fused-ring (bicyclic) bond motifs is 2. The molecule has 0 radical (unpaired) electrons. The summed E-state index contributed by atoms with van der Waals surface area (Å²) in [4.78, 5) is 40.3. The van der Waals surface area contributed by atoms with Crippen molar-refractivity contribution in [1.82, 2.24) is 10.2 Å². The number of hydrogen-bond donors (Lipinski definition) is 2. The summed E-state index contributed by atoms with van der Waals surface area (Å²) in [6.45, 7) is 0.315. The third-order valence-electron chi connectivity index (χ3n) is 5.90. The highest BCUT2D eigenvalue weighted by Crippen LogP contribution is 2.32. The molecule has 3 amide bonds. The first-order valence-electron chi connectivity index (χ1n) is 10.4. The van der Waals surface area contributed by atoms with E-state index in [1.54, 1.807) is 41.5 Å². The van der Waals surface area contributed by atoms with Crippen molar-refractivity contribution in [3.63, 3.8) is 0 Å². The van der Waals surface area contributed by atoms with Crippen LogP contribution in [-0.2, 0) is 4.79 Å². The van der Waals surface area contributed by atoms with Gasteiger partial charge < -0.3 is 20.0 Å². The van der Waals surface area contributed by atoms with Crippen LogP contribution in [-0.4, -0.2) is 41.2 Å². The van der Waals surface area contributed by atoms with E-state index in [4.69, 9.17) is 4.42 Å². The Balaban J connectivity index is 1.36. The van der Waals surface area contributed by atoms with Crippen LogP contribution in [0.25, 0.3) is 11.3 Å². The molecule has 1 fully saturated rings. The topological polar surface area (TPSA) is 91.7 Å². The second-order valence-electron chi connectivity index (χ2n) is 7.95. The number of hydrogen-bond acceptors (Lipinski definition) is 4. The SMILES string of the molecule is O=C(N[C@@H]1CCN2C(=O)c3cc(-c4ccco4)ccc3NC(=O)[C@@H]2C1)c1cccc(F)c1. The monoisotopic (exact) mass is 433 g/mol. The van der Waals surface area contributed by atoms with Crippen LogP contribution in [0.2, 0.25) is 0 Å². The first-order chi connectivity index (χ1) is 15.5. The first kappa shape index (κ1) is 20.0. The lowest BCUT2D eigenvalue weighted by Gasteiger charge is -2.37. The Morgan fingerprint density at radius 3 is 2.78 bits per heavy atom. The number of rotatable bonds is 3. The fraction of sp³-hybridized carbons (Fsp3) is 0.208. The van der Waals surface area contributed by atoms with Crippen LogP contribution in [0.1, 0.15) is 33.6 Å². The summed E-state index contributed by atoms with van der Waals surface area (Å²) in [5.74, 6) is -0.812. The summed E-state index contributed by atoms with van der Waals surface area (Å²) in [6, 6.07) is 13.2. The quantitative estimate of drug-likeness (QED) is 0.662. The zero-order valence-electron chi connectivity index (χ0n) is 17.0. The average Bonchev–Trinajstić information content (AvgIpc) is 3.31. The van der Waals surface area contributed by atoms with E-state index in [0.29, 0.717) is 30.0 Å². The molecule has 2 aliphatic rings. The van der Waals surface area contributed by atoms with Crippen LogP contribution in [0, 0.1) is 5.82 Å². The zero-order valence-corrected chi connectivity index (χ0v) is 17.0. The number of amides is 3. The van der Waals surface area contributed by atoms with Gasteiger partial charge in [0, 0.05) is 23.7 Å². The van der Waals surface area contributed by atoms with Crippen molar-refractivity contribution in [2.75, 3.05) is 11.9 Å². The number of benzene rings is 2. The van der Waals surface area contributed by atoms with Gasteiger partial charge in [-0.1, -0.05) is 6.07 Å². The molecule has 3 aromatic rings. The van der Waals surface area contributed by atoms with E-state index in [1.807, 2.05) is 0 Å². The van der Waals surface area contributed by atoms with Gasteiger partial charge in [-0.05, 0) is 61.4 Å². The molecule has 2 aromatic carbocycles. The van der Waals surface area contributed by atoms with Crippen molar-refractivity contribution in [1.29, 1.82) is 0 Å². The molecule has 32 heavy (non-hydrogen) atoms. The molecule has 1 aromatic heterocycles. The van der Waals surface area contributed by atoms with Gasteiger partial charge in [0.2, 0.25) is 5.91 Å². The van der Waals surface area contributed by atoms with Crippen LogP contribution in [0.15, 0.2) is 65.3 Å². The van der Waals surface area contributed by atoms with E-state index >= 15 is 0 Å². The molecular weight excluding hydrogens is 413 g/mol. The second kappa shape index (κ2) is 7.96. The molecular formula is C24H20FN3O4. The molecule has 2 atom stereocenters.